The van der Waals surface area contributed by atoms with E-state index in [1.165, 1.54) is 30.4 Å². The number of hydrogen-bond donors (Lipinski definition) is 2. The first-order valence-electron chi connectivity index (χ1n) is 7.59. The normalized spacial score (nSPS) is 13.5. The van der Waals surface area contributed by atoms with E-state index in [4.69, 9.17) is 4.74 Å². The number of aromatic amines is 1. The molecule has 0 aliphatic heterocycles. The standard InChI is InChI=1S/C15H19N5O2/c21-14(16-15-17-19-20-18-15)6-3-9-22-13-8-7-11-4-1-2-5-12(11)10-13/h7-8,10H,1-6,9H2,(H2,16,17,18,19,20,21). The number of carbonyl (C=O) groups is 1. The topological polar surface area (TPSA) is 92.8 Å². The number of aromatic nitrogens is 4. The van der Waals surface area contributed by atoms with E-state index in [1.807, 2.05) is 6.07 Å². The fourth-order valence-electron chi connectivity index (χ4n) is 2.62. The first kappa shape index (κ1) is 14.5. The van der Waals surface area contributed by atoms with E-state index >= 15 is 0 Å². The summed E-state index contributed by atoms with van der Waals surface area (Å²) in [5.74, 6) is 0.940. The molecule has 0 saturated carbocycles. The van der Waals surface area contributed by atoms with Gasteiger partial charge in [0.15, 0.2) is 0 Å². The summed E-state index contributed by atoms with van der Waals surface area (Å²) in [6.07, 6.45) is 5.85. The van der Waals surface area contributed by atoms with Gasteiger partial charge in [0, 0.05) is 6.42 Å². The maximum absolute atomic E-state index is 11.6. The average molecular weight is 301 g/mol. The van der Waals surface area contributed by atoms with Gasteiger partial charge in [0.05, 0.1) is 6.61 Å². The predicted octanol–water partition coefficient (Wildman–Crippen LogP) is 1.88. The van der Waals surface area contributed by atoms with Crippen molar-refractivity contribution in [3.8, 4) is 5.75 Å². The van der Waals surface area contributed by atoms with E-state index in [-0.39, 0.29) is 11.9 Å². The van der Waals surface area contributed by atoms with E-state index in [0.717, 1.165) is 12.2 Å². The number of benzene rings is 1. The molecule has 0 unspecified atom stereocenters. The number of carbonyl (C=O) groups excluding carboxylic acids is 1. The number of nitrogens with zero attached hydrogens (tertiary/aromatic N) is 3. The summed E-state index contributed by atoms with van der Waals surface area (Å²) >= 11 is 0. The number of H-pyrrole nitrogens is 1. The third kappa shape index (κ3) is 3.81. The van der Waals surface area contributed by atoms with Gasteiger partial charge in [-0.25, -0.2) is 0 Å². The van der Waals surface area contributed by atoms with Gasteiger partial charge in [-0.2, -0.15) is 5.21 Å². The average Bonchev–Trinajstić information content (AvgIpc) is 3.04. The van der Waals surface area contributed by atoms with Crippen molar-refractivity contribution >= 4 is 11.9 Å². The molecule has 3 rings (SSSR count). The zero-order chi connectivity index (χ0) is 15.2. The van der Waals surface area contributed by atoms with Gasteiger partial charge >= 0.3 is 0 Å². The van der Waals surface area contributed by atoms with E-state index < -0.39 is 0 Å². The zero-order valence-electron chi connectivity index (χ0n) is 12.3. The molecule has 0 saturated heterocycles. The lowest BCUT2D eigenvalue weighted by Gasteiger charge is -2.16. The SMILES string of the molecule is O=C(CCCOc1ccc2c(c1)CCCC2)Nc1nn[nH]n1. The minimum Gasteiger partial charge on any atom is -0.494 e. The van der Waals surface area contributed by atoms with Crippen LogP contribution in [-0.2, 0) is 17.6 Å². The van der Waals surface area contributed by atoms with Crippen molar-refractivity contribution in [2.45, 2.75) is 38.5 Å². The summed E-state index contributed by atoms with van der Waals surface area (Å²) in [5, 5.41) is 15.5. The van der Waals surface area contributed by atoms with E-state index in [2.05, 4.69) is 38.1 Å². The number of hydrogen-bond acceptors (Lipinski definition) is 5. The van der Waals surface area contributed by atoms with Crippen LogP contribution in [-0.4, -0.2) is 33.1 Å². The second-order valence-electron chi connectivity index (χ2n) is 5.37. The monoisotopic (exact) mass is 301 g/mol. The molecule has 7 heteroatoms. The highest BCUT2D eigenvalue weighted by molar-refractivity contribution is 5.88. The molecule has 0 atom stereocenters. The number of aryl methyl sites for hydroxylation is 2. The van der Waals surface area contributed by atoms with Gasteiger partial charge in [-0.3, -0.25) is 10.1 Å². The van der Waals surface area contributed by atoms with Crippen molar-refractivity contribution in [2.75, 3.05) is 11.9 Å². The van der Waals surface area contributed by atoms with Crippen LogP contribution >= 0.6 is 0 Å². The predicted molar refractivity (Wildman–Crippen MR) is 80.6 cm³/mol. The van der Waals surface area contributed by atoms with Crippen molar-refractivity contribution < 1.29 is 9.53 Å². The number of tetrazole rings is 1. The molecule has 1 aliphatic rings. The molecule has 0 spiro atoms. The minimum absolute atomic E-state index is 0.143. The molecule has 0 radical (unpaired) electrons. The summed E-state index contributed by atoms with van der Waals surface area (Å²) in [4.78, 5) is 11.6. The van der Waals surface area contributed by atoms with Crippen LogP contribution in [0.4, 0.5) is 5.95 Å². The Kier molecular flexibility index (Phi) is 4.62. The van der Waals surface area contributed by atoms with Gasteiger partial charge in [-0.15, -0.1) is 5.10 Å². The van der Waals surface area contributed by atoms with Gasteiger partial charge in [-0.1, -0.05) is 11.2 Å². The van der Waals surface area contributed by atoms with E-state index in [1.54, 1.807) is 0 Å². The van der Waals surface area contributed by atoms with E-state index in [0.29, 0.717) is 19.4 Å². The van der Waals surface area contributed by atoms with Gasteiger partial charge in [-0.05, 0) is 60.6 Å². The highest BCUT2D eigenvalue weighted by Gasteiger charge is 2.10. The lowest BCUT2D eigenvalue weighted by atomic mass is 9.92. The first-order valence-corrected chi connectivity index (χ1v) is 7.59. The van der Waals surface area contributed by atoms with Crippen molar-refractivity contribution in [3.05, 3.63) is 29.3 Å². The zero-order valence-corrected chi connectivity index (χ0v) is 12.3. The smallest absolute Gasteiger partial charge is 0.269 e. The van der Waals surface area contributed by atoms with Crippen molar-refractivity contribution in [1.82, 2.24) is 20.6 Å². The maximum Gasteiger partial charge on any atom is 0.269 e. The van der Waals surface area contributed by atoms with Crippen LogP contribution in [0.5, 0.6) is 5.75 Å². The molecule has 1 aromatic heterocycles. The molecule has 1 heterocycles. The van der Waals surface area contributed by atoms with Gasteiger partial charge in [0.2, 0.25) is 5.91 Å². The Bertz CT molecular complexity index is 627. The fraction of sp³-hybridized carbons (Fsp3) is 0.467. The van der Waals surface area contributed by atoms with Crippen molar-refractivity contribution in [3.63, 3.8) is 0 Å². The molecule has 1 amide bonds. The van der Waals surface area contributed by atoms with Gasteiger partial charge in [0.1, 0.15) is 5.75 Å². The third-order valence-electron chi connectivity index (χ3n) is 3.73. The number of ether oxygens (including phenoxy) is 1. The quantitative estimate of drug-likeness (QED) is 0.795. The lowest BCUT2D eigenvalue weighted by Crippen LogP contribution is -2.14. The largest absolute Gasteiger partial charge is 0.494 e. The summed E-state index contributed by atoms with van der Waals surface area (Å²) in [7, 11) is 0. The van der Waals surface area contributed by atoms with Crippen LogP contribution in [0, 0.1) is 0 Å². The van der Waals surface area contributed by atoms with Crippen LogP contribution in [0.15, 0.2) is 18.2 Å². The van der Waals surface area contributed by atoms with Crippen LogP contribution in [0.2, 0.25) is 0 Å². The number of nitrogens with one attached hydrogen (secondary N) is 2. The Morgan fingerprint density at radius 3 is 2.95 bits per heavy atom. The molecule has 0 fully saturated rings. The Labute approximate surface area is 128 Å². The molecule has 2 N–H and O–H groups in total. The second kappa shape index (κ2) is 7.02. The highest BCUT2D eigenvalue weighted by Crippen LogP contribution is 2.25. The molecule has 22 heavy (non-hydrogen) atoms. The Morgan fingerprint density at radius 2 is 2.14 bits per heavy atom. The van der Waals surface area contributed by atoms with Crippen LogP contribution in [0.3, 0.4) is 0 Å². The van der Waals surface area contributed by atoms with Crippen molar-refractivity contribution in [1.29, 1.82) is 0 Å². The van der Waals surface area contributed by atoms with Gasteiger partial charge in [0.25, 0.3) is 5.95 Å². The molecule has 116 valence electrons. The number of anilines is 1. The van der Waals surface area contributed by atoms with Crippen molar-refractivity contribution in [2.24, 2.45) is 0 Å². The van der Waals surface area contributed by atoms with Crippen LogP contribution in [0.1, 0.15) is 36.8 Å². The molecule has 1 aliphatic carbocycles. The number of rotatable bonds is 6. The van der Waals surface area contributed by atoms with Gasteiger partial charge < -0.3 is 4.74 Å². The summed E-state index contributed by atoms with van der Waals surface area (Å²) in [5.41, 5.74) is 2.84. The van der Waals surface area contributed by atoms with Crippen LogP contribution in [0.25, 0.3) is 0 Å². The summed E-state index contributed by atoms with van der Waals surface area (Å²) in [6, 6.07) is 6.31. The van der Waals surface area contributed by atoms with E-state index in [9.17, 15) is 4.79 Å². The molecular weight excluding hydrogens is 282 g/mol. The fourth-order valence-corrected chi connectivity index (χ4v) is 2.62. The lowest BCUT2D eigenvalue weighted by molar-refractivity contribution is -0.116. The second-order valence-corrected chi connectivity index (χ2v) is 5.37. The number of amides is 1. The molecular formula is C15H19N5O2. The maximum atomic E-state index is 11.6. The summed E-state index contributed by atoms with van der Waals surface area (Å²) < 4.78 is 5.73. The Hall–Kier alpha value is -2.44. The highest BCUT2D eigenvalue weighted by atomic mass is 16.5. The molecule has 2 aromatic rings. The minimum atomic E-state index is -0.143. The Morgan fingerprint density at radius 1 is 1.27 bits per heavy atom. The molecule has 0 bridgehead atoms. The summed E-state index contributed by atoms with van der Waals surface area (Å²) in [6.45, 7) is 0.512. The number of fused-ring (bicyclic) bond motifs is 1. The molecule has 1 aromatic carbocycles. The first-order chi connectivity index (χ1) is 10.8. The molecule has 7 nitrogen and oxygen atoms in total. The van der Waals surface area contributed by atoms with Crippen LogP contribution < -0.4 is 10.1 Å². The third-order valence-corrected chi connectivity index (χ3v) is 3.73. The Balaban J connectivity index is 1.40.